The van der Waals surface area contributed by atoms with Crippen LogP contribution in [-0.2, 0) is 23.9 Å². The molecule has 2 heterocycles. The van der Waals surface area contributed by atoms with E-state index in [1.807, 2.05) is 36.2 Å². The van der Waals surface area contributed by atoms with Gasteiger partial charge in [0.25, 0.3) is 0 Å². The molecule has 2 unspecified atom stereocenters. The van der Waals surface area contributed by atoms with Gasteiger partial charge in [0.2, 0.25) is 10.6 Å². The van der Waals surface area contributed by atoms with Crippen LogP contribution in [0.4, 0.5) is 0 Å². The monoisotopic (exact) mass is 446 g/mol. The number of rotatable bonds is 4. The normalized spacial score (nSPS) is 33.4. The predicted octanol–water partition coefficient (Wildman–Crippen LogP) is 3.04. The van der Waals surface area contributed by atoms with E-state index in [1.54, 1.807) is 0 Å². The van der Waals surface area contributed by atoms with E-state index >= 15 is 0 Å². The van der Waals surface area contributed by atoms with Gasteiger partial charge in [-0.2, -0.15) is 5.10 Å². The molecule has 7 nitrogen and oxygen atoms in total. The summed E-state index contributed by atoms with van der Waals surface area (Å²) in [4.78, 5) is 20.0. The lowest BCUT2D eigenvalue weighted by atomic mass is 9.46. The average Bonchev–Trinajstić information content (AvgIpc) is 3.21. The van der Waals surface area contributed by atoms with Gasteiger partial charge in [-0.1, -0.05) is 0 Å². The largest absolute Gasteiger partial charge is 0.341 e. The van der Waals surface area contributed by atoms with Crippen molar-refractivity contribution in [2.45, 2.75) is 57.5 Å². The van der Waals surface area contributed by atoms with Gasteiger partial charge in [0.05, 0.1) is 17.2 Å². The second-order valence-corrected chi connectivity index (χ2v) is 10.2. The molecule has 1 amide bonds. The SMILES string of the molecule is Cc1c(CN(C)C(=O)C23CC4CC(C2)CC(n2cnc(Br)n2)(C4)C3)cnn1C. The molecule has 0 radical (unpaired) electrons. The molecule has 2 atom stereocenters. The topological polar surface area (TPSA) is 68.8 Å². The summed E-state index contributed by atoms with van der Waals surface area (Å²) in [5.74, 6) is 1.52. The van der Waals surface area contributed by atoms with Crippen molar-refractivity contribution in [3.63, 3.8) is 0 Å². The highest BCUT2D eigenvalue weighted by molar-refractivity contribution is 9.10. The summed E-state index contributed by atoms with van der Waals surface area (Å²) in [6.07, 6.45) is 10.2. The van der Waals surface area contributed by atoms with E-state index < -0.39 is 0 Å². The van der Waals surface area contributed by atoms with E-state index in [0.717, 1.165) is 43.4 Å². The van der Waals surface area contributed by atoms with Crippen LogP contribution in [0, 0.1) is 24.2 Å². The molecule has 4 saturated carbocycles. The van der Waals surface area contributed by atoms with Gasteiger partial charge in [0.1, 0.15) is 6.33 Å². The summed E-state index contributed by atoms with van der Waals surface area (Å²) in [6.45, 7) is 2.68. The van der Waals surface area contributed by atoms with Gasteiger partial charge in [0, 0.05) is 31.9 Å². The summed E-state index contributed by atoms with van der Waals surface area (Å²) < 4.78 is 4.56. The van der Waals surface area contributed by atoms with E-state index in [2.05, 4.69) is 42.7 Å². The van der Waals surface area contributed by atoms with Crippen molar-refractivity contribution in [1.29, 1.82) is 0 Å². The molecule has 28 heavy (non-hydrogen) atoms. The fourth-order valence-corrected chi connectivity index (χ4v) is 6.90. The first-order valence-electron chi connectivity index (χ1n) is 10.1. The van der Waals surface area contributed by atoms with E-state index in [-0.39, 0.29) is 11.0 Å². The molecule has 6 rings (SSSR count). The average molecular weight is 447 g/mol. The molecule has 4 aliphatic carbocycles. The number of hydrogen-bond donors (Lipinski definition) is 0. The highest BCUT2D eigenvalue weighted by Gasteiger charge is 2.62. The molecule has 0 aliphatic heterocycles. The minimum atomic E-state index is -0.257. The van der Waals surface area contributed by atoms with Crippen LogP contribution in [0.25, 0.3) is 0 Å². The van der Waals surface area contributed by atoms with Crippen molar-refractivity contribution < 1.29 is 4.79 Å². The smallest absolute Gasteiger partial charge is 0.228 e. The molecule has 0 aromatic carbocycles. The molecule has 4 aliphatic rings. The minimum Gasteiger partial charge on any atom is -0.341 e. The first-order chi connectivity index (χ1) is 13.3. The van der Waals surface area contributed by atoms with Crippen LogP contribution < -0.4 is 0 Å². The number of aromatic nitrogens is 5. The minimum absolute atomic E-state index is 0.0518. The van der Waals surface area contributed by atoms with Crippen LogP contribution >= 0.6 is 15.9 Å². The Balaban J connectivity index is 1.44. The molecule has 0 spiro atoms. The number of hydrogen-bond acceptors (Lipinski definition) is 4. The van der Waals surface area contributed by atoms with Crippen molar-refractivity contribution in [2.24, 2.45) is 24.3 Å². The maximum Gasteiger partial charge on any atom is 0.228 e. The van der Waals surface area contributed by atoms with Crippen LogP contribution in [0.5, 0.6) is 0 Å². The van der Waals surface area contributed by atoms with E-state index in [1.165, 1.54) is 6.42 Å². The van der Waals surface area contributed by atoms with Gasteiger partial charge in [-0.05, 0) is 73.2 Å². The predicted molar refractivity (Wildman–Crippen MR) is 107 cm³/mol. The van der Waals surface area contributed by atoms with Crippen LogP contribution in [0.2, 0.25) is 0 Å². The molecular formula is C20H27BrN6O. The lowest BCUT2D eigenvalue weighted by molar-refractivity contribution is -0.166. The van der Waals surface area contributed by atoms with Crippen LogP contribution in [-0.4, -0.2) is 42.4 Å². The van der Waals surface area contributed by atoms with Crippen molar-refractivity contribution >= 4 is 21.8 Å². The van der Waals surface area contributed by atoms with Crippen molar-refractivity contribution in [1.82, 2.24) is 29.4 Å². The Morgan fingerprint density at radius 1 is 1.32 bits per heavy atom. The number of aryl methyl sites for hydroxylation is 1. The van der Waals surface area contributed by atoms with Crippen molar-refractivity contribution in [3.05, 3.63) is 28.5 Å². The third kappa shape index (κ3) is 2.67. The first-order valence-corrected chi connectivity index (χ1v) is 10.9. The first kappa shape index (κ1) is 18.3. The van der Waals surface area contributed by atoms with Crippen LogP contribution in [0.3, 0.4) is 0 Å². The number of halogens is 1. The molecule has 0 N–H and O–H groups in total. The van der Waals surface area contributed by atoms with E-state index in [0.29, 0.717) is 29.0 Å². The van der Waals surface area contributed by atoms with Gasteiger partial charge in [-0.15, -0.1) is 5.10 Å². The maximum absolute atomic E-state index is 13.7. The van der Waals surface area contributed by atoms with E-state index in [9.17, 15) is 4.79 Å². The fourth-order valence-electron chi connectivity index (χ4n) is 6.64. The highest BCUT2D eigenvalue weighted by atomic mass is 79.9. The summed E-state index contributed by atoms with van der Waals surface area (Å²) in [6, 6.07) is 0. The number of nitrogens with zero attached hydrogens (tertiary/aromatic N) is 6. The van der Waals surface area contributed by atoms with Gasteiger partial charge in [-0.25, -0.2) is 9.67 Å². The molecule has 0 saturated heterocycles. The molecule has 4 fully saturated rings. The standard InChI is InChI=1S/C20H27BrN6O/c1-13-16(9-23-26(13)3)10-25(2)17(28)19-5-14-4-15(6-19)8-20(7-14,11-19)27-12-22-18(21)24-27/h9,12,14-15H,4-8,10-11H2,1-3H3. The lowest BCUT2D eigenvalue weighted by Crippen LogP contribution is -2.61. The summed E-state index contributed by atoms with van der Waals surface area (Å²) >= 11 is 3.40. The van der Waals surface area contributed by atoms with Crippen LogP contribution in [0.15, 0.2) is 17.3 Å². The molecule has 4 bridgehead atoms. The third-order valence-corrected chi connectivity index (χ3v) is 7.89. The Kier molecular flexibility index (Phi) is 4.03. The Hall–Kier alpha value is -1.70. The Morgan fingerprint density at radius 3 is 2.61 bits per heavy atom. The van der Waals surface area contributed by atoms with Crippen molar-refractivity contribution in [3.8, 4) is 0 Å². The zero-order valence-corrected chi connectivity index (χ0v) is 18.3. The second-order valence-electron chi connectivity index (χ2n) is 9.46. The molecule has 8 heteroatoms. The summed E-state index contributed by atoms with van der Waals surface area (Å²) in [7, 11) is 3.89. The zero-order valence-electron chi connectivity index (χ0n) is 16.7. The quantitative estimate of drug-likeness (QED) is 0.723. The molecular weight excluding hydrogens is 420 g/mol. The summed E-state index contributed by atoms with van der Waals surface area (Å²) in [5.41, 5.74) is 1.93. The van der Waals surface area contributed by atoms with Gasteiger partial charge >= 0.3 is 0 Å². The summed E-state index contributed by atoms with van der Waals surface area (Å²) in [5, 5.41) is 8.93. The second kappa shape index (κ2) is 6.15. The van der Waals surface area contributed by atoms with Gasteiger partial charge in [-0.3, -0.25) is 9.48 Å². The van der Waals surface area contributed by atoms with Gasteiger partial charge < -0.3 is 4.90 Å². The number of amides is 1. The molecule has 2 aromatic heterocycles. The fraction of sp³-hybridized carbons (Fsp3) is 0.700. The van der Waals surface area contributed by atoms with E-state index in [4.69, 9.17) is 0 Å². The molecule has 150 valence electrons. The Labute approximate surface area is 173 Å². The zero-order chi connectivity index (χ0) is 19.7. The Morgan fingerprint density at radius 2 is 2.04 bits per heavy atom. The Bertz CT molecular complexity index is 919. The third-order valence-electron chi connectivity index (χ3n) is 7.52. The van der Waals surface area contributed by atoms with Crippen molar-refractivity contribution in [2.75, 3.05) is 7.05 Å². The number of carbonyl (C=O) groups is 1. The van der Waals surface area contributed by atoms with Crippen LogP contribution in [0.1, 0.15) is 49.8 Å². The van der Waals surface area contributed by atoms with Gasteiger partial charge in [0.15, 0.2) is 0 Å². The molecule has 2 aromatic rings. The lowest BCUT2D eigenvalue weighted by Gasteiger charge is -2.61. The number of carbonyl (C=O) groups excluding carboxylic acids is 1. The highest BCUT2D eigenvalue weighted by Crippen LogP contribution is 2.64. The maximum atomic E-state index is 13.7.